The first-order valence-electron chi connectivity index (χ1n) is 7.00. The van der Waals surface area contributed by atoms with Gasteiger partial charge in [-0.1, -0.05) is 20.8 Å². The van der Waals surface area contributed by atoms with Crippen LogP contribution in [0.1, 0.15) is 40.0 Å². The van der Waals surface area contributed by atoms with E-state index in [1.807, 2.05) is 20.8 Å². The Morgan fingerprint density at radius 1 is 1.30 bits per heavy atom. The van der Waals surface area contributed by atoms with Crippen LogP contribution in [0.25, 0.3) is 0 Å². The van der Waals surface area contributed by atoms with Crippen molar-refractivity contribution < 1.29 is 19.5 Å². The fourth-order valence-electron chi connectivity index (χ4n) is 2.05. The molecule has 1 unspecified atom stereocenters. The molecule has 20 heavy (non-hydrogen) atoms. The van der Waals surface area contributed by atoms with E-state index in [1.165, 1.54) is 0 Å². The lowest BCUT2D eigenvalue weighted by molar-refractivity contribution is -0.141. The van der Waals surface area contributed by atoms with Gasteiger partial charge in [0.15, 0.2) is 0 Å². The van der Waals surface area contributed by atoms with Crippen molar-refractivity contribution in [2.75, 3.05) is 19.6 Å². The van der Waals surface area contributed by atoms with Gasteiger partial charge in [-0.15, -0.1) is 0 Å². The maximum absolute atomic E-state index is 11.9. The van der Waals surface area contributed by atoms with Crippen molar-refractivity contribution in [3.63, 3.8) is 0 Å². The number of hydrogen-bond acceptors (Lipinski definition) is 3. The van der Waals surface area contributed by atoms with Gasteiger partial charge in [-0.3, -0.25) is 14.4 Å². The van der Waals surface area contributed by atoms with Crippen molar-refractivity contribution in [1.82, 2.24) is 10.2 Å². The van der Waals surface area contributed by atoms with Crippen LogP contribution >= 0.6 is 0 Å². The fourth-order valence-corrected chi connectivity index (χ4v) is 2.05. The number of carbonyl (C=O) groups excluding carboxylic acids is 2. The molecule has 0 aromatic carbocycles. The summed E-state index contributed by atoms with van der Waals surface area (Å²) >= 11 is 0. The maximum Gasteiger partial charge on any atom is 0.308 e. The first-order valence-corrected chi connectivity index (χ1v) is 7.00. The zero-order valence-corrected chi connectivity index (χ0v) is 12.4. The van der Waals surface area contributed by atoms with Crippen LogP contribution in [-0.4, -0.2) is 47.4 Å². The maximum atomic E-state index is 11.9. The monoisotopic (exact) mass is 284 g/mol. The molecule has 0 aromatic heterocycles. The van der Waals surface area contributed by atoms with Gasteiger partial charge in [0.2, 0.25) is 11.8 Å². The Kier molecular flexibility index (Phi) is 5.53. The molecule has 2 N–H and O–H groups in total. The fraction of sp³-hybridized carbons (Fsp3) is 0.786. The molecule has 0 saturated carbocycles. The molecular weight excluding hydrogens is 260 g/mol. The number of nitrogens with one attached hydrogen (secondary N) is 1. The molecule has 2 amide bonds. The second kappa shape index (κ2) is 6.72. The third kappa shape index (κ3) is 4.83. The summed E-state index contributed by atoms with van der Waals surface area (Å²) in [4.78, 5) is 35.9. The lowest BCUT2D eigenvalue weighted by Gasteiger charge is -2.18. The molecule has 6 nitrogen and oxygen atoms in total. The summed E-state index contributed by atoms with van der Waals surface area (Å²) in [6.45, 7) is 6.81. The van der Waals surface area contributed by atoms with Crippen LogP contribution in [0.15, 0.2) is 0 Å². The molecule has 1 atom stereocenters. The van der Waals surface area contributed by atoms with E-state index in [4.69, 9.17) is 5.11 Å². The molecule has 0 aromatic rings. The molecule has 0 spiro atoms. The van der Waals surface area contributed by atoms with E-state index in [9.17, 15) is 14.4 Å². The molecule has 0 aliphatic carbocycles. The summed E-state index contributed by atoms with van der Waals surface area (Å²) in [5.41, 5.74) is -0.423. The molecule has 1 rings (SSSR count). The van der Waals surface area contributed by atoms with Crippen molar-refractivity contribution in [2.45, 2.75) is 40.0 Å². The molecular formula is C14H24N2O4. The average molecular weight is 284 g/mol. The highest BCUT2D eigenvalue weighted by molar-refractivity contribution is 5.81. The second-order valence-electron chi connectivity index (χ2n) is 6.27. The number of nitrogens with zero attached hydrogens (tertiary/aromatic N) is 1. The van der Waals surface area contributed by atoms with Gasteiger partial charge in [0.05, 0.1) is 5.92 Å². The minimum atomic E-state index is -0.835. The number of carboxylic acids is 1. The largest absolute Gasteiger partial charge is 0.481 e. The molecule has 0 radical (unpaired) electrons. The molecule has 1 aliphatic rings. The Morgan fingerprint density at radius 2 is 1.95 bits per heavy atom. The molecule has 0 bridgehead atoms. The van der Waals surface area contributed by atoms with Crippen LogP contribution in [0.3, 0.4) is 0 Å². The Bertz CT molecular complexity index is 387. The zero-order valence-electron chi connectivity index (χ0n) is 12.4. The quantitative estimate of drug-likeness (QED) is 0.733. The van der Waals surface area contributed by atoms with E-state index in [0.717, 1.165) is 0 Å². The van der Waals surface area contributed by atoms with Crippen LogP contribution in [0.5, 0.6) is 0 Å². The number of hydrogen-bond donors (Lipinski definition) is 2. The third-order valence-electron chi connectivity index (χ3n) is 3.42. The van der Waals surface area contributed by atoms with E-state index >= 15 is 0 Å². The van der Waals surface area contributed by atoms with E-state index in [-0.39, 0.29) is 11.8 Å². The van der Waals surface area contributed by atoms with Gasteiger partial charge in [-0.05, 0) is 12.8 Å². The number of carboxylic acid groups (broad SMARTS) is 1. The van der Waals surface area contributed by atoms with Crippen molar-refractivity contribution in [2.24, 2.45) is 11.3 Å². The molecule has 6 heteroatoms. The van der Waals surface area contributed by atoms with Crippen LogP contribution in [0, 0.1) is 11.3 Å². The van der Waals surface area contributed by atoms with Gasteiger partial charge in [0, 0.05) is 31.5 Å². The molecule has 1 fully saturated rings. The van der Waals surface area contributed by atoms with Gasteiger partial charge in [-0.25, -0.2) is 0 Å². The first kappa shape index (κ1) is 16.5. The van der Waals surface area contributed by atoms with Crippen LogP contribution in [-0.2, 0) is 14.4 Å². The zero-order chi connectivity index (χ0) is 15.3. The normalized spacial score (nSPS) is 18.9. The first-order chi connectivity index (χ1) is 9.21. The van der Waals surface area contributed by atoms with Crippen LogP contribution < -0.4 is 5.32 Å². The SMILES string of the molecule is CC(C)(C)C(=O)NCCCC(=O)N1CCC(C(=O)O)C1. The second-order valence-corrected chi connectivity index (χ2v) is 6.27. The minimum Gasteiger partial charge on any atom is -0.481 e. The van der Waals surface area contributed by atoms with E-state index in [0.29, 0.717) is 38.9 Å². The summed E-state index contributed by atoms with van der Waals surface area (Å²) in [6.07, 6.45) is 1.45. The van der Waals surface area contributed by atoms with Crippen molar-refractivity contribution in [1.29, 1.82) is 0 Å². The Hall–Kier alpha value is -1.59. The van der Waals surface area contributed by atoms with Crippen molar-refractivity contribution >= 4 is 17.8 Å². The van der Waals surface area contributed by atoms with E-state index < -0.39 is 17.3 Å². The Balaban J connectivity index is 2.22. The summed E-state index contributed by atoms with van der Waals surface area (Å²) in [7, 11) is 0. The van der Waals surface area contributed by atoms with Gasteiger partial charge in [-0.2, -0.15) is 0 Å². The number of aliphatic carboxylic acids is 1. The van der Waals surface area contributed by atoms with Gasteiger partial charge >= 0.3 is 5.97 Å². The molecule has 114 valence electrons. The topological polar surface area (TPSA) is 86.7 Å². The molecule has 1 heterocycles. The lowest BCUT2D eigenvalue weighted by atomic mass is 9.96. The Labute approximate surface area is 119 Å². The highest BCUT2D eigenvalue weighted by atomic mass is 16.4. The van der Waals surface area contributed by atoms with Crippen LogP contribution in [0.2, 0.25) is 0 Å². The number of likely N-dealkylation sites (tertiary alicyclic amines) is 1. The summed E-state index contributed by atoms with van der Waals surface area (Å²) in [6, 6.07) is 0. The highest BCUT2D eigenvalue weighted by Gasteiger charge is 2.30. The number of rotatable bonds is 5. The molecule has 1 aliphatic heterocycles. The smallest absolute Gasteiger partial charge is 0.308 e. The average Bonchev–Trinajstić information content (AvgIpc) is 2.82. The standard InChI is InChI=1S/C14H24N2O4/c1-14(2,3)13(20)15-7-4-5-11(17)16-8-6-10(9-16)12(18)19/h10H,4-9H2,1-3H3,(H,15,20)(H,18,19). The van der Waals surface area contributed by atoms with Gasteiger partial charge < -0.3 is 15.3 Å². The van der Waals surface area contributed by atoms with Crippen LogP contribution in [0.4, 0.5) is 0 Å². The van der Waals surface area contributed by atoms with Crippen molar-refractivity contribution in [3.05, 3.63) is 0 Å². The third-order valence-corrected chi connectivity index (χ3v) is 3.42. The number of amides is 2. The van der Waals surface area contributed by atoms with Gasteiger partial charge in [0.1, 0.15) is 0 Å². The summed E-state index contributed by atoms with van der Waals surface area (Å²) in [5.74, 6) is -1.33. The summed E-state index contributed by atoms with van der Waals surface area (Å²) in [5, 5.41) is 11.7. The molecule has 1 saturated heterocycles. The van der Waals surface area contributed by atoms with E-state index in [2.05, 4.69) is 5.32 Å². The summed E-state index contributed by atoms with van der Waals surface area (Å²) < 4.78 is 0. The highest BCUT2D eigenvalue weighted by Crippen LogP contribution is 2.17. The Morgan fingerprint density at radius 3 is 2.45 bits per heavy atom. The minimum absolute atomic E-state index is 0.0289. The van der Waals surface area contributed by atoms with E-state index in [1.54, 1.807) is 4.90 Å². The predicted octanol–water partition coefficient (Wildman–Crippen LogP) is 0.862. The van der Waals surface area contributed by atoms with Crippen molar-refractivity contribution in [3.8, 4) is 0 Å². The lowest BCUT2D eigenvalue weighted by Crippen LogP contribution is -2.36. The number of carbonyl (C=O) groups is 3. The predicted molar refractivity (Wildman–Crippen MR) is 74.0 cm³/mol. The van der Waals surface area contributed by atoms with Gasteiger partial charge in [0.25, 0.3) is 0 Å².